The molecule has 0 N–H and O–H groups in total. The summed E-state index contributed by atoms with van der Waals surface area (Å²) in [6, 6.07) is 13.1. The summed E-state index contributed by atoms with van der Waals surface area (Å²) >= 11 is 1.47. The first kappa shape index (κ1) is 11.9. The molecule has 3 nitrogen and oxygen atoms in total. The van der Waals surface area contributed by atoms with Crippen molar-refractivity contribution >= 4 is 17.1 Å². The topological polar surface area (TPSA) is 34.9 Å². The van der Waals surface area contributed by atoms with Crippen molar-refractivity contribution in [3.8, 4) is 10.7 Å². The zero-order chi connectivity index (χ0) is 13.2. The first-order chi connectivity index (χ1) is 9.25. The second-order valence-corrected chi connectivity index (χ2v) is 5.30. The fourth-order valence-corrected chi connectivity index (χ4v) is 2.92. The summed E-state index contributed by atoms with van der Waals surface area (Å²) in [4.78, 5) is 18.3. The normalized spacial score (nSPS) is 10.6. The summed E-state index contributed by atoms with van der Waals surface area (Å²) in [7, 11) is 1.95. The lowest BCUT2D eigenvalue weighted by Crippen LogP contribution is -1.97. The van der Waals surface area contributed by atoms with Gasteiger partial charge in [-0.15, -0.1) is 11.3 Å². The van der Waals surface area contributed by atoms with Crippen LogP contribution in [-0.2, 0) is 7.05 Å². The Morgan fingerprint density at radius 1 is 1.16 bits per heavy atom. The minimum Gasteiger partial charge on any atom is -0.333 e. The van der Waals surface area contributed by atoms with Crippen LogP contribution in [0.5, 0.6) is 0 Å². The minimum atomic E-state index is 0.0612. The van der Waals surface area contributed by atoms with Gasteiger partial charge in [0.1, 0.15) is 5.82 Å². The van der Waals surface area contributed by atoms with E-state index >= 15 is 0 Å². The molecule has 0 atom stereocenters. The number of carbonyl (C=O) groups excluding carboxylic acids is 1. The summed E-state index contributed by atoms with van der Waals surface area (Å²) in [6.07, 6.45) is 3.65. The molecule has 0 amide bonds. The van der Waals surface area contributed by atoms with E-state index in [-0.39, 0.29) is 5.78 Å². The van der Waals surface area contributed by atoms with Gasteiger partial charge in [-0.25, -0.2) is 4.98 Å². The molecule has 0 bridgehead atoms. The molecule has 0 saturated carbocycles. The highest BCUT2D eigenvalue weighted by atomic mass is 32.1. The van der Waals surface area contributed by atoms with Crippen LogP contribution in [0, 0.1) is 0 Å². The molecule has 1 aromatic carbocycles. The molecule has 3 aromatic rings. The van der Waals surface area contributed by atoms with Crippen LogP contribution >= 0.6 is 11.3 Å². The predicted molar refractivity (Wildman–Crippen MR) is 76.4 cm³/mol. The molecule has 19 heavy (non-hydrogen) atoms. The summed E-state index contributed by atoms with van der Waals surface area (Å²) in [5.74, 6) is 0.947. The molecule has 2 heterocycles. The maximum atomic E-state index is 12.3. The molecule has 0 aliphatic rings. The number of rotatable bonds is 3. The van der Waals surface area contributed by atoms with E-state index < -0.39 is 0 Å². The van der Waals surface area contributed by atoms with Crippen molar-refractivity contribution in [1.82, 2.24) is 9.55 Å². The molecule has 94 valence electrons. The molecular weight excluding hydrogens is 256 g/mol. The summed E-state index contributed by atoms with van der Waals surface area (Å²) in [5, 5.41) is 0. The molecule has 4 heteroatoms. The SMILES string of the molecule is Cn1ccnc1-c1ccc(C(=O)c2ccccc2)s1. The fraction of sp³-hybridized carbons (Fsp3) is 0.0667. The van der Waals surface area contributed by atoms with Crippen LogP contribution in [0.1, 0.15) is 15.2 Å². The van der Waals surface area contributed by atoms with Crippen molar-refractivity contribution in [3.63, 3.8) is 0 Å². The van der Waals surface area contributed by atoms with Gasteiger partial charge >= 0.3 is 0 Å². The van der Waals surface area contributed by atoms with Gasteiger partial charge in [0.25, 0.3) is 0 Å². The standard InChI is InChI=1S/C15H12N2OS/c1-17-10-9-16-15(17)13-8-7-12(19-13)14(18)11-5-3-2-4-6-11/h2-10H,1H3. The van der Waals surface area contributed by atoms with Crippen molar-refractivity contribution in [2.24, 2.45) is 7.05 Å². The second kappa shape index (κ2) is 4.82. The molecule has 0 saturated heterocycles. The number of aryl methyl sites for hydroxylation is 1. The molecule has 0 aliphatic heterocycles. The zero-order valence-corrected chi connectivity index (χ0v) is 11.2. The lowest BCUT2D eigenvalue weighted by Gasteiger charge is -1.98. The van der Waals surface area contributed by atoms with Gasteiger partial charge in [-0.1, -0.05) is 30.3 Å². The smallest absolute Gasteiger partial charge is 0.202 e. The Morgan fingerprint density at radius 2 is 1.95 bits per heavy atom. The molecular formula is C15H12N2OS. The van der Waals surface area contributed by atoms with Crippen molar-refractivity contribution < 1.29 is 4.79 Å². The maximum Gasteiger partial charge on any atom is 0.202 e. The Bertz CT molecular complexity index is 713. The Morgan fingerprint density at radius 3 is 2.63 bits per heavy atom. The van der Waals surface area contributed by atoms with Gasteiger partial charge in [0.2, 0.25) is 5.78 Å². The summed E-state index contributed by atoms with van der Waals surface area (Å²) in [6.45, 7) is 0. The average Bonchev–Trinajstić information content (AvgIpc) is 3.07. The van der Waals surface area contributed by atoms with Crippen LogP contribution in [0.2, 0.25) is 0 Å². The van der Waals surface area contributed by atoms with Crippen LogP contribution < -0.4 is 0 Å². The van der Waals surface area contributed by atoms with Gasteiger partial charge in [0, 0.05) is 25.0 Å². The molecule has 0 unspecified atom stereocenters. The molecule has 3 rings (SSSR count). The highest BCUT2D eigenvalue weighted by Gasteiger charge is 2.13. The number of ketones is 1. The van der Waals surface area contributed by atoms with Crippen molar-refractivity contribution in [2.75, 3.05) is 0 Å². The highest BCUT2D eigenvalue weighted by molar-refractivity contribution is 7.17. The van der Waals surface area contributed by atoms with Crippen LogP contribution in [0.25, 0.3) is 10.7 Å². The number of hydrogen-bond donors (Lipinski definition) is 0. The number of carbonyl (C=O) groups is 1. The third-order valence-electron chi connectivity index (χ3n) is 2.91. The van der Waals surface area contributed by atoms with E-state index in [1.54, 1.807) is 6.20 Å². The molecule has 0 spiro atoms. The van der Waals surface area contributed by atoms with E-state index in [4.69, 9.17) is 0 Å². The Kier molecular flexibility index (Phi) is 3.01. The summed E-state index contributed by atoms with van der Waals surface area (Å²) in [5.41, 5.74) is 0.718. The van der Waals surface area contributed by atoms with Gasteiger partial charge in [-0.3, -0.25) is 4.79 Å². The number of thiophene rings is 1. The Labute approximate surface area is 115 Å². The third kappa shape index (κ3) is 2.22. The van der Waals surface area contributed by atoms with E-state index in [0.29, 0.717) is 0 Å². The molecule has 0 radical (unpaired) electrons. The van der Waals surface area contributed by atoms with E-state index in [0.717, 1.165) is 21.1 Å². The van der Waals surface area contributed by atoms with Gasteiger partial charge in [0.05, 0.1) is 9.75 Å². The fourth-order valence-electron chi connectivity index (χ4n) is 1.91. The number of imidazole rings is 1. The monoisotopic (exact) mass is 268 g/mol. The maximum absolute atomic E-state index is 12.3. The summed E-state index contributed by atoms with van der Waals surface area (Å²) < 4.78 is 1.95. The number of hydrogen-bond acceptors (Lipinski definition) is 3. The van der Waals surface area contributed by atoms with E-state index in [1.807, 2.05) is 60.3 Å². The van der Waals surface area contributed by atoms with Gasteiger partial charge in [-0.05, 0) is 12.1 Å². The van der Waals surface area contributed by atoms with Crippen molar-refractivity contribution in [2.45, 2.75) is 0 Å². The van der Waals surface area contributed by atoms with Gasteiger partial charge < -0.3 is 4.57 Å². The van der Waals surface area contributed by atoms with Crippen LogP contribution in [-0.4, -0.2) is 15.3 Å². The molecule has 0 aliphatic carbocycles. The lowest BCUT2D eigenvalue weighted by atomic mass is 10.1. The first-order valence-electron chi connectivity index (χ1n) is 5.93. The third-order valence-corrected chi connectivity index (χ3v) is 3.99. The first-order valence-corrected chi connectivity index (χ1v) is 6.74. The average molecular weight is 268 g/mol. The lowest BCUT2D eigenvalue weighted by molar-refractivity contribution is 0.104. The Hall–Kier alpha value is -2.20. The van der Waals surface area contributed by atoms with Crippen LogP contribution in [0.15, 0.2) is 54.9 Å². The molecule has 0 fully saturated rings. The second-order valence-electron chi connectivity index (χ2n) is 4.22. The van der Waals surface area contributed by atoms with Gasteiger partial charge in [-0.2, -0.15) is 0 Å². The highest BCUT2D eigenvalue weighted by Crippen LogP contribution is 2.27. The minimum absolute atomic E-state index is 0.0612. The Balaban J connectivity index is 1.94. The predicted octanol–water partition coefficient (Wildman–Crippen LogP) is 3.38. The van der Waals surface area contributed by atoms with E-state index in [9.17, 15) is 4.79 Å². The van der Waals surface area contributed by atoms with Crippen LogP contribution in [0.4, 0.5) is 0 Å². The quantitative estimate of drug-likeness (QED) is 0.682. The van der Waals surface area contributed by atoms with Crippen LogP contribution in [0.3, 0.4) is 0 Å². The number of nitrogens with zero attached hydrogens (tertiary/aromatic N) is 2. The number of aromatic nitrogens is 2. The molecule has 2 aromatic heterocycles. The van der Waals surface area contributed by atoms with Crippen molar-refractivity contribution in [3.05, 3.63) is 65.3 Å². The van der Waals surface area contributed by atoms with Crippen molar-refractivity contribution in [1.29, 1.82) is 0 Å². The number of benzene rings is 1. The zero-order valence-electron chi connectivity index (χ0n) is 10.4. The van der Waals surface area contributed by atoms with E-state index in [2.05, 4.69) is 4.98 Å². The van der Waals surface area contributed by atoms with E-state index in [1.165, 1.54) is 11.3 Å². The van der Waals surface area contributed by atoms with Gasteiger partial charge in [0.15, 0.2) is 0 Å². The largest absolute Gasteiger partial charge is 0.333 e.